The molecule has 0 spiro atoms. The van der Waals surface area contributed by atoms with Crippen molar-refractivity contribution in [3.8, 4) is 28.3 Å². The molecule has 12 nitrogen and oxygen atoms in total. The molecule has 2 saturated heterocycles. The summed E-state index contributed by atoms with van der Waals surface area (Å²) in [6.07, 6.45) is 1.75. The van der Waals surface area contributed by atoms with Gasteiger partial charge < -0.3 is 29.9 Å². The Balaban J connectivity index is 1.04. The Labute approximate surface area is 328 Å². The molecule has 3 aromatic carbocycles. The molecule has 300 valence electrons. The van der Waals surface area contributed by atoms with Gasteiger partial charge in [-0.3, -0.25) is 4.79 Å². The second kappa shape index (κ2) is 13.8. The van der Waals surface area contributed by atoms with Crippen LogP contribution < -0.4 is 25.3 Å². The standard InChI is InChI=1S/C41H29F6N7O5/c42-27-10-25-32(12-29(27)53-15-40(44,45)16-53)59-33-13-30(54-17-41(46,47)18-54)28(43)11-26(33)34(25)24-9-22(6-7-23(24)38(56)57)31(55)8-5-20-1-3-21(4-2-20)14-58-37-35-36(50-19-49-35)51-39(48)52-37/h1-4,6-7,9-13,19H,5,8,14-18H2,(H3-,48,49,50,51,52,56,57)/p+1. The SMILES string of the molecule is Nc1nc(OCc2ccc(CCC(=O)c3ccc(C(=O)O)c(-c4c5cc(F)c(=[N+]6CC(F)(F)C6)cc-5oc5cc(N6CC(F)(F)C6)c(F)cc45)c3)cc2)c2[nH]cnc2n1. The summed E-state index contributed by atoms with van der Waals surface area (Å²) in [6.45, 7) is -2.87. The number of nitrogens with two attached hydrogens (primary N) is 1. The Morgan fingerprint density at radius 1 is 0.915 bits per heavy atom. The second-order valence-electron chi connectivity index (χ2n) is 14.6. The predicted molar refractivity (Wildman–Crippen MR) is 202 cm³/mol. The van der Waals surface area contributed by atoms with Gasteiger partial charge in [-0.2, -0.15) is 23.1 Å². The summed E-state index contributed by atoms with van der Waals surface area (Å²) in [5, 5.41) is 10.1. The number of nitrogen functional groups attached to an aromatic ring is 1. The summed E-state index contributed by atoms with van der Waals surface area (Å²) in [4.78, 5) is 42.6. The summed E-state index contributed by atoms with van der Waals surface area (Å²) in [6, 6.07) is 15.5. The Hall–Kier alpha value is -6.98. The molecule has 4 aliphatic rings. The number of nitrogens with zero attached hydrogens (tertiary/aromatic N) is 5. The van der Waals surface area contributed by atoms with E-state index >= 15 is 8.78 Å². The fourth-order valence-corrected chi connectivity index (χ4v) is 7.44. The number of ketones is 1. The van der Waals surface area contributed by atoms with Gasteiger partial charge in [0.1, 0.15) is 29.3 Å². The number of carboxylic acids is 1. The molecule has 5 heterocycles. The molecule has 9 rings (SSSR count). The lowest BCUT2D eigenvalue weighted by Gasteiger charge is -2.40. The van der Waals surface area contributed by atoms with Gasteiger partial charge >= 0.3 is 11.9 Å². The summed E-state index contributed by atoms with van der Waals surface area (Å²) in [5.74, 6) is -9.55. The lowest BCUT2D eigenvalue weighted by molar-refractivity contribution is -0.0649. The van der Waals surface area contributed by atoms with Crippen LogP contribution in [0.25, 0.3) is 44.6 Å². The first kappa shape index (κ1) is 37.6. The van der Waals surface area contributed by atoms with Crippen molar-refractivity contribution in [2.75, 3.05) is 36.8 Å². The van der Waals surface area contributed by atoms with Crippen molar-refractivity contribution in [1.29, 1.82) is 0 Å². The fourth-order valence-electron chi connectivity index (χ4n) is 7.44. The number of aromatic amines is 1. The average Bonchev–Trinajstić information content (AvgIpc) is 3.65. The van der Waals surface area contributed by atoms with Crippen molar-refractivity contribution >= 4 is 45.5 Å². The summed E-state index contributed by atoms with van der Waals surface area (Å²) < 4.78 is 99.8. The Morgan fingerprint density at radius 2 is 1.66 bits per heavy atom. The highest BCUT2D eigenvalue weighted by Crippen LogP contribution is 2.45. The van der Waals surface area contributed by atoms with E-state index in [2.05, 4.69) is 19.9 Å². The van der Waals surface area contributed by atoms with Crippen LogP contribution in [-0.4, -0.2) is 74.8 Å². The van der Waals surface area contributed by atoms with Gasteiger partial charge in [0.2, 0.25) is 30.3 Å². The first-order valence-electron chi connectivity index (χ1n) is 18.2. The highest BCUT2D eigenvalue weighted by Gasteiger charge is 2.50. The van der Waals surface area contributed by atoms with Crippen LogP contribution in [0.4, 0.5) is 38.0 Å². The zero-order chi connectivity index (χ0) is 41.4. The highest BCUT2D eigenvalue weighted by molar-refractivity contribution is 6.09. The molecule has 0 radical (unpaired) electrons. The van der Waals surface area contributed by atoms with E-state index in [9.17, 15) is 32.3 Å². The van der Waals surface area contributed by atoms with Crippen molar-refractivity contribution in [3.05, 3.63) is 112 Å². The van der Waals surface area contributed by atoms with Gasteiger partial charge in [-0.1, -0.05) is 30.3 Å². The third-order valence-electron chi connectivity index (χ3n) is 10.4. The zero-order valence-electron chi connectivity index (χ0n) is 30.5. The number of hydrogen-bond donors (Lipinski definition) is 3. The van der Waals surface area contributed by atoms with Crippen LogP contribution in [0.2, 0.25) is 0 Å². The predicted octanol–water partition coefficient (Wildman–Crippen LogP) is 6.70. The number of carbonyl (C=O) groups excluding carboxylic acids is 1. The van der Waals surface area contributed by atoms with Crippen LogP contribution in [-0.2, 0) is 13.0 Å². The molecular weight excluding hydrogens is 784 g/mol. The maximum Gasteiger partial charge on any atom is 0.361 e. The number of nitrogens with one attached hydrogen (secondary N) is 1. The first-order valence-corrected chi connectivity index (χ1v) is 18.2. The topological polar surface area (TPSA) is 163 Å². The lowest BCUT2D eigenvalue weighted by Crippen LogP contribution is -2.58. The van der Waals surface area contributed by atoms with Gasteiger partial charge in [-0.05, 0) is 47.4 Å². The highest BCUT2D eigenvalue weighted by atomic mass is 19.3. The summed E-state index contributed by atoms with van der Waals surface area (Å²) in [7, 11) is 0. The minimum absolute atomic E-state index is 0.00224. The molecule has 1 aliphatic carbocycles. The smallest absolute Gasteiger partial charge is 0.361 e. The van der Waals surface area contributed by atoms with Gasteiger partial charge in [0.05, 0.1) is 36.7 Å². The number of Topliss-reactive ketones (excluding diaryl/α,β-unsaturated/α-hetero) is 1. The van der Waals surface area contributed by atoms with Gasteiger partial charge in [-0.25, -0.2) is 27.5 Å². The number of halogens is 6. The van der Waals surface area contributed by atoms with Crippen LogP contribution in [0.15, 0.2) is 77.5 Å². The molecular formula is C41H30F6N7O5+. The van der Waals surface area contributed by atoms with Crippen molar-refractivity contribution in [1.82, 2.24) is 24.5 Å². The summed E-state index contributed by atoms with van der Waals surface area (Å²) in [5.41, 5.74) is 7.57. The van der Waals surface area contributed by atoms with Crippen LogP contribution in [0.1, 0.15) is 38.3 Å². The molecule has 0 unspecified atom stereocenters. The molecule has 0 bridgehead atoms. The Kier molecular flexibility index (Phi) is 8.82. The number of H-pyrrole nitrogens is 1. The molecule has 5 aromatic rings. The van der Waals surface area contributed by atoms with Crippen molar-refractivity contribution in [3.63, 3.8) is 0 Å². The molecule has 0 atom stereocenters. The largest absolute Gasteiger partial charge is 0.478 e. The number of hydrogen-bond acceptors (Lipinski definition) is 9. The van der Waals surface area contributed by atoms with E-state index in [1.165, 1.54) is 36.7 Å². The van der Waals surface area contributed by atoms with E-state index < -0.39 is 55.6 Å². The van der Waals surface area contributed by atoms with Crippen LogP contribution in [0.3, 0.4) is 0 Å². The van der Waals surface area contributed by atoms with Crippen molar-refractivity contribution in [2.45, 2.75) is 31.3 Å². The van der Waals surface area contributed by atoms with Crippen molar-refractivity contribution in [2.24, 2.45) is 0 Å². The number of carboxylic acid groups (broad SMARTS) is 1. The number of fused-ring (bicyclic) bond motifs is 3. The van der Waals surface area contributed by atoms with Gasteiger partial charge in [0.15, 0.2) is 17.2 Å². The van der Waals surface area contributed by atoms with Crippen LogP contribution in [0, 0.1) is 11.6 Å². The van der Waals surface area contributed by atoms with E-state index in [0.29, 0.717) is 17.6 Å². The lowest BCUT2D eigenvalue weighted by atomic mass is 9.88. The van der Waals surface area contributed by atoms with E-state index in [4.69, 9.17) is 14.9 Å². The van der Waals surface area contributed by atoms with Crippen LogP contribution >= 0.6 is 0 Å². The molecule has 2 fully saturated rings. The van der Waals surface area contributed by atoms with Crippen LogP contribution in [0.5, 0.6) is 5.88 Å². The number of alkyl halides is 4. The van der Waals surface area contributed by atoms with E-state index in [0.717, 1.165) is 32.7 Å². The monoisotopic (exact) mass is 814 g/mol. The quantitative estimate of drug-likeness (QED) is 0.0586. The maximum absolute atomic E-state index is 15.8. The molecule has 3 aliphatic heterocycles. The average molecular weight is 815 g/mol. The zero-order valence-corrected chi connectivity index (χ0v) is 30.5. The van der Waals surface area contributed by atoms with Gasteiger partial charge in [-0.15, -0.1) is 0 Å². The number of aromatic carboxylic acids is 1. The van der Waals surface area contributed by atoms with Gasteiger partial charge in [0.25, 0.3) is 5.92 Å². The first-order chi connectivity index (χ1) is 28.1. The van der Waals surface area contributed by atoms with E-state index in [1.54, 1.807) is 0 Å². The number of aryl methyl sites for hydroxylation is 1. The molecule has 0 amide bonds. The van der Waals surface area contributed by atoms with Gasteiger partial charge in [0, 0.05) is 34.6 Å². The molecule has 0 saturated carbocycles. The fraction of sp³-hybridized carbons (Fsp3) is 0.220. The van der Waals surface area contributed by atoms with E-state index in [1.807, 2.05) is 24.3 Å². The molecule has 4 N–H and O–H groups in total. The number of ether oxygens (including phenoxy) is 1. The van der Waals surface area contributed by atoms with Crippen molar-refractivity contribution < 1.29 is 50.2 Å². The number of carbonyl (C=O) groups is 2. The second-order valence-corrected chi connectivity index (χ2v) is 14.6. The minimum Gasteiger partial charge on any atom is -0.478 e. The number of anilines is 2. The third-order valence-corrected chi connectivity index (χ3v) is 10.4. The molecule has 2 aromatic heterocycles. The maximum atomic E-state index is 15.8. The summed E-state index contributed by atoms with van der Waals surface area (Å²) >= 11 is 0. The number of rotatable bonds is 10. The van der Waals surface area contributed by atoms with E-state index in [-0.39, 0.29) is 86.2 Å². The molecule has 18 heteroatoms. The number of aromatic nitrogens is 4. The molecule has 59 heavy (non-hydrogen) atoms. The number of imidazole rings is 1. The Bertz CT molecular complexity index is 2900. The normalized spacial score (nSPS) is 15.7. The number of benzene rings is 4. The Morgan fingerprint density at radius 3 is 2.37 bits per heavy atom. The minimum atomic E-state index is -3.04. The third kappa shape index (κ3) is 7.03.